The average Bonchev–Trinajstić information content (AvgIpc) is 3.61. The summed E-state index contributed by atoms with van der Waals surface area (Å²) in [6.07, 6.45) is 46.6. The van der Waals surface area contributed by atoms with Gasteiger partial charge in [-0.2, -0.15) is 0 Å². The lowest BCUT2D eigenvalue weighted by Gasteiger charge is -2.21. The van der Waals surface area contributed by atoms with Crippen molar-refractivity contribution in [3.05, 3.63) is 24.3 Å². The minimum Gasteiger partial charge on any atom is -0.462 e. The molecule has 0 radical (unpaired) electrons. The Kier molecular flexibility index (Phi) is 57.5. The Morgan fingerprint density at radius 3 is 0.965 bits per heavy atom. The molecule has 0 aliphatic carbocycles. The third-order valence-corrected chi connectivity index (χ3v) is 16.6. The molecule has 85 heavy (non-hydrogen) atoms. The second-order valence-corrected chi connectivity index (χ2v) is 26.6. The zero-order valence-electron chi connectivity index (χ0n) is 54.2. The van der Waals surface area contributed by atoms with Gasteiger partial charge in [0.05, 0.1) is 26.4 Å². The molecule has 0 amide bonds. The lowest BCUT2D eigenvalue weighted by Crippen LogP contribution is -2.30. The number of phosphoric acid groups is 2. The van der Waals surface area contributed by atoms with Gasteiger partial charge in [-0.05, 0) is 57.3 Å². The molecule has 0 aromatic heterocycles. The van der Waals surface area contributed by atoms with Crippen LogP contribution in [0.1, 0.15) is 311 Å². The number of hydrogen-bond acceptors (Lipinski definition) is 15. The molecule has 0 aromatic rings. The normalized spacial score (nSPS) is 14.4. The van der Waals surface area contributed by atoms with Gasteiger partial charge >= 0.3 is 39.5 Å². The molecule has 2 unspecified atom stereocenters. The lowest BCUT2D eigenvalue weighted by atomic mass is 10.0. The maximum Gasteiger partial charge on any atom is 0.472 e. The van der Waals surface area contributed by atoms with Crippen LogP contribution < -0.4 is 0 Å². The fourth-order valence-corrected chi connectivity index (χ4v) is 11.0. The van der Waals surface area contributed by atoms with Crippen LogP contribution in [0.4, 0.5) is 0 Å². The quantitative estimate of drug-likeness (QED) is 0.0169. The van der Waals surface area contributed by atoms with Gasteiger partial charge in [-0.25, -0.2) is 9.13 Å². The molecule has 0 aliphatic heterocycles. The largest absolute Gasteiger partial charge is 0.472 e. The predicted molar refractivity (Wildman–Crippen MR) is 340 cm³/mol. The van der Waals surface area contributed by atoms with Gasteiger partial charge in [-0.15, -0.1) is 0 Å². The number of hydrogen-bond donors (Lipinski definition) is 3. The molecule has 19 heteroatoms. The topological polar surface area (TPSA) is 237 Å². The van der Waals surface area contributed by atoms with Crippen molar-refractivity contribution < 1.29 is 80.2 Å². The summed E-state index contributed by atoms with van der Waals surface area (Å²) < 4.78 is 68.0. The summed E-state index contributed by atoms with van der Waals surface area (Å²) in [7, 11) is -9.90. The Balaban J connectivity index is 5.27. The summed E-state index contributed by atoms with van der Waals surface area (Å²) in [5.74, 6) is -1.44. The van der Waals surface area contributed by atoms with Crippen molar-refractivity contribution in [3.63, 3.8) is 0 Å². The van der Waals surface area contributed by atoms with Crippen LogP contribution in [0.2, 0.25) is 0 Å². The van der Waals surface area contributed by atoms with E-state index in [2.05, 4.69) is 58.9 Å². The third-order valence-electron chi connectivity index (χ3n) is 14.7. The summed E-state index contributed by atoms with van der Waals surface area (Å²) in [6.45, 7) is 7.08. The summed E-state index contributed by atoms with van der Waals surface area (Å²) in [4.78, 5) is 72.2. The number of esters is 4. The first-order valence-corrected chi connectivity index (χ1v) is 36.9. The SMILES string of the molecule is CCCCCC/C=C\C=C/CCCCCCCC(=O)O[C@H](COC(=O)CCCCCCCCCCC(C)C)COP(=O)(O)OC[C@@H](O)COP(=O)(O)OC[C@@H](COC(=O)CCCCCCCCCCC)OC(=O)CCCCCCCCCCCC. The number of allylic oxidation sites excluding steroid dienone is 4. The van der Waals surface area contributed by atoms with E-state index >= 15 is 0 Å². The minimum atomic E-state index is -4.95. The van der Waals surface area contributed by atoms with E-state index in [0.29, 0.717) is 25.7 Å². The molecule has 0 fully saturated rings. The Bertz CT molecular complexity index is 1740. The van der Waals surface area contributed by atoms with E-state index in [-0.39, 0.29) is 25.7 Å². The number of aliphatic hydroxyl groups is 1. The summed E-state index contributed by atoms with van der Waals surface area (Å²) in [5, 5.41) is 10.5. The van der Waals surface area contributed by atoms with Crippen LogP contribution in [0.15, 0.2) is 24.3 Å². The van der Waals surface area contributed by atoms with Crippen molar-refractivity contribution >= 4 is 39.5 Å². The zero-order valence-corrected chi connectivity index (χ0v) is 56.0. The minimum absolute atomic E-state index is 0.0845. The van der Waals surface area contributed by atoms with Crippen molar-refractivity contribution in [1.29, 1.82) is 0 Å². The molecular weight excluding hydrogens is 1130 g/mol. The highest BCUT2D eigenvalue weighted by Crippen LogP contribution is 2.45. The van der Waals surface area contributed by atoms with Crippen LogP contribution >= 0.6 is 15.6 Å². The lowest BCUT2D eigenvalue weighted by molar-refractivity contribution is -0.161. The van der Waals surface area contributed by atoms with E-state index in [1.807, 2.05) is 0 Å². The van der Waals surface area contributed by atoms with E-state index in [1.165, 1.54) is 116 Å². The van der Waals surface area contributed by atoms with Gasteiger partial charge in [-0.1, -0.05) is 258 Å². The molecule has 500 valence electrons. The molecule has 0 aromatic carbocycles. The predicted octanol–water partition coefficient (Wildman–Crippen LogP) is 18.1. The van der Waals surface area contributed by atoms with Crippen LogP contribution in [0, 0.1) is 5.92 Å². The highest BCUT2D eigenvalue weighted by atomic mass is 31.2. The van der Waals surface area contributed by atoms with Gasteiger partial charge in [0.25, 0.3) is 0 Å². The number of ether oxygens (including phenoxy) is 4. The maximum atomic E-state index is 13.0. The molecule has 0 bridgehead atoms. The monoisotopic (exact) mass is 1250 g/mol. The molecule has 0 saturated carbocycles. The zero-order chi connectivity index (χ0) is 62.8. The van der Waals surface area contributed by atoms with E-state index in [4.69, 9.17) is 37.0 Å². The summed E-state index contributed by atoms with van der Waals surface area (Å²) >= 11 is 0. The molecule has 3 N–H and O–H groups in total. The van der Waals surface area contributed by atoms with Crippen LogP contribution in [0.5, 0.6) is 0 Å². The number of rotatable bonds is 64. The molecule has 0 saturated heterocycles. The second-order valence-electron chi connectivity index (χ2n) is 23.6. The molecule has 0 aliphatic rings. The van der Waals surface area contributed by atoms with E-state index in [1.54, 1.807) is 0 Å². The van der Waals surface area contributed by atoms with Crippen LogP contribution in [0.25, 0.3) is 0 Å². The molecule has 17 nitrogen and oxygen atoms in total. The molecule has 0 heterocycles. The van der Waals surface area contributed by atoms with Crippen molar-refractivity contribution in [2.45, 2.75) is 329 Å². The van der Waals surface area contributed by atoms with Gasteiger partial charge in [-0.3, -0.25) is 37.3 Å². The standard InChI is InChI=1S/C66H124O17P2/c1-6-9-12-15-18-21-23-24-25-26-27-30-37-42-47-52-66(71)83-62(56-77-64(69)50-45-40-35-32-31-33-38-43-48-59(4)5)58-81-85(74,75)79-54-60(67)53-78-84(72,73)80-57-61(55-76-63(68)49-44-39-34-28-20-17-14-11-8-3)82-65(70)51-46-41-36-29-22-19-16-13-10-7-2/h21,23-25,59-62,67H,6-20,22,26-58H2,1-5H3,(H,72,73)(H,74,75)/b23-21-,25-24-/t60-,61+,62+/m0/s1. The van der Waals surface area contributed by atoms with Crippen molar-refractivity contribution in [1.82, 2.24) is 0 Å². The summed E-state index contributed by atoms with van der Waals surface area (Å²) in [6, 6.07) is 0. The third kappa shape index (κ3) is 60.2. The highest BCUT2D eigenvalue weighted by molar-refractivity contribution is 7.47. The fourth-order valence-electron chi connectivity index (χ4n) is 9.40. The van der Waals surface area contributed by atoms with Gasteiger partial charge in [0.2, 0.25) is 0 Å². The van der Waals surface area contributed by atoms with Crippen molar-refractivity contribution in [3.8, 4) is 0 Å². The van der Waals surface area contributed by atoms with Gasteiger partial charge < -0.3 is 33.8 Å². The molecule has 0 rings (SSSR count). The molecular formula is C66H124O17P2. The fraction of sp³-hybridized carbons (Fsp3) is 0.879. The van der Waals surface area contributed by atoms with E-state index < -0.39 is 97.5 Å². The van der Waals surface area contributed by atoms with Gasteiger partial charge in [0, 0.05) is 25.7 Å². The van der Waals surface area contributed by atoms with Gasteiger partial charge in [0.15, 0.2) is 12.2 Å². The first-order valence-electron chi connectivity index (χ1n) is 34.0. The average molecular weight is 1250 g/mol. The Hall–Kier alpha value is -2.46. The number of aliphatic hydroxyl groups excluding tert-OH is 1. The first kappa shape index (κ1) is 82.5. The smallest absolute Gasteiger partial charge is 0.462 e. The molecule has 0 spiro atoms. The highest BCUT2D eigenvalue weighted by Gasteiger charge is 2.30. The van der Waals surface area contributed by atoms with Crippen LogP contribution in [-0.2, 0) is 65.4 Å². The number of carbonyl (C=O) groups excluding carboxylic acids is 4. The van der Waals surface area contributed by atoms with Crippen LogP contribution in [0.3, 0.4) is 0 Å². The van der Waals surface area contributed by atoms with E-state index in [9.17, 15) is 43.2 Å². The Morgan fingerprint density at radius 2 is 0.635 bits per heavy atom. The summed E-state index contributed by atoms with van der Waals surface area (Å²) in [5.41, 5.74) is 0. The number of unbranched alkanes of at least 4 members (excludes halogenated alkanes) is 33. The van der Waals surface area contributed by atoms with Crippen LogP contribution in [-0.4, -0.2) is 96.7 Å². The Morgan fingerprint density at radius 1 is 0.365 bits per heavy atom. The molecule has 5 atom stereocenters. The Labute approximate surface area is 516 Å². The first-order chi connectivity index (χ1) is 41.0. The van der Waals surface area contributed by atoms with E-state index in [0.717, 1.165) is 115 Å². The maximum absolute atomic E-state index is 13.0. The van der Waals surface area contributed by atoms with Crippen molar-refractivity contribution in [2.75, 3.05) is 39.6 Å². The second kappa shape index (κ2) is 59.2. The van der Waals surface area contributed by atoms with Crippen molar-refractivity contribution in [2.24, 2.45) is 5.92 Å². The van der Waals surface area contributed by atoms with Gasteiger partial charge in [0.1, 0.15) is 19.3 Å². The number of carbonyl (C=O) groups is 4. The number of phosphoric ester groups is 2.